The van der Waals surface area contributed by atoms with Crippen molar-refractivity contribution in [1.29, 1.82) is 0 Å². The quantitative estimate of drug-likeness (QED) is 0.658. The highest BCUT2D eigenvalue weighted by Crippen LogP contribution is 2.39. The molecule has 0 saturated heterocycles. The second-order valence-electron chi connectivity index (χ2n) is 5.25. The van der Waals surface area contributed by atoms with Crippen LogP contribution in [0.4, 0.5) is 4.39 Å². The molecule has 25 heavy (non-hydrogen) atoms. The minimum atomic E-state index is -0.553. The fraction of sp³-hybridized carbons (Fsp3) is 0.111. The van der Waals surface area contributed by atoms with Crippen molar-refractivity contribution in [3.63, 3.8) is 0 Å². The molecule has 3 rings (SSSR count). The smallest absolute Gasteiger partial charge is 0.213 e. The van der Waals surface area contributed by atoms with Gasteiger partial charge in [-0.05, 0) is 41.0 Å². The standard InChI is InChI=1S/C18H15ClFN3OS/c19-15-7-13(11-3-5-22-16(20)8-11)6-14(9-21)17(15)25-18-12(10-24)2-1-4-23-18/h1-8,24H,9-10,21H2. The number of aliphatic hydroxyl groups excluding tert-OH is 1. The molecule has 0 atom stereocenters. The van der Waals surface area contributed by atoms with Crippen LogP contribution in [0, 0.1) is 5.95 Å². The maximum atomic E-state index is 13.4. The number of halogens is 2. The molecule has 0 aliphatic carbocycles. The zero-order valence-electron chi connectivity index (χ0n) is 13.1. The number of benzene rings is 1. The molecule has 1 aromatic carbocycles. The zero-order valence-corrected chi connectivity index (χ0v) is 14.7. The van der Waals surface area contributed by atoms with Gasteiger partial charge < -0.3 is 10.8 Å². The van der Waals surface area contributed by atoms with Gasteiger partial charge in [0.25, 0.3) is 0 Å². The van der Waals surface area contributed by atoms with E-state index in [1.165, 1.54) is 24.0 Å². The lowest BCUT2D eigenvalue weighted by atomic mass is 10.0. The normalized spacial score (nSPS) is 10.9. The van der Waals surface area contributed by atoms with E-state index >= 15 is 0 Å². The molecule has 2 aromatic heterocycles. The summed E-state index contributed by atoms with van der Waals surface area (Å²) in [7, 11) is 0. The second-order valence-corrected chi connectivity index (χ2v) is 6.65. The summed E-state index contributed by atoms with van der Waals surface area (Å²) in [5.74, 6) is -0.553. The third-order valence-corrected chi connectivity index (χ3v) is 5.28. The summed E-state index contributed by atoms with van der Waals surface area (Å²) in [5.41, 5.74) is 8.86. The number of pyridine rings is 2. The highest BCUT2D eigenvalue weighted by Gasteiger charge is 2.14. The van der Waals surface area contributed by atoms with Gasteiger partial charge in [0.2, 0.25) is 5.95 Å². The van der Waals surface area contributed by atoms with E-state index in [0.29, 0.717) is 21.2 Å². The van der Waals surface area contributed by atoms with Crippen LogP contribution >= 0.6 is 23.4 Å². The molecule has 0 bridgehead atoms. The average molecular weight is 376 g/mol. The van der Waals surface area contributed by atoms with Gasteiger partial charge in [-0.1, -0.05) is 29.4 Å². The van der Waals surface area contributed by atoms with Crippen LogP contribution < -0.4 is 5.73 Å². The molecular formula is C18H15ClFN3OS. The fourth-order valence-corrected chi connectivity index (χ4v) is 3.75. The Kier molecular flexibility index (Phi) is 5.65. The maximum absolute atomic E-state index is 13.4. The van der Waals surface area contributed by atoms with Gasteiger partial charge in [0, 0.05) is 35.5 Å². The Morgan fingerprint density at radius 2 is 1.92 bits per heavy atom. The average Bonchev–Trinajstić information content (AvgIpc) is 2.63. The van der Waals surface area contributed by atoms with E-state index in [2.05, 4.69) is 9.97 Å². The van der Waals surface area contributed by atoms with Crippen LogP contribution in [0.3, 0.4) is 0 Å². The van der Waals surface area contributed by atoms with Gasteiger partial charge in [0.05, 0.1) is 11.6 Å². The summed E-state index contributed by atoms with van der Waals surface area (Å²) in [6.07, 6.45) is 3.07. The number of hydrogen-bond donors (Lipinski definition) is 2. The Morgan fingerprint density at radius 1 is 1.08 bits per heavy atom. The monoisotopic (exact) mass is 375 g/mol. The van der Waals surface area contributed by atoms with Crippen molar-refractivity contribution < 1.29 is 9.50 Å². The SMILES string of the molecule is NCc1cc(-c2ccnc(F)c2)cc(Cl)c1Sc1ncccc1CO. The molecule has 0 saturated carbocycles. The van der Waals surface area contributed by atoms with Crippen LogP contribution in [0.25, 0.3) is 11.1 Å². The molecule has 0 spiro atoms. The van der Waals surface area contributed by atoms with Crippen LogP contribution in [0.1, 0.15) is 11.1 Å². The highest BCUT2D eigenvalue weighted by atomic mass is 35.5. The maximum Gasteiger partial charge on any atom is 0.213 e. The molecule has 3 aromatic rings. The lowest BCUT2D eigenvalue weighted by Crippen LogP contribution is -2.01. The summed E-state index contributed by atoms with van der Waals surface area (Å²) >= 11 is 7.83. The molecule has 7 heteroatoms. The topological polar surface area (TPSA) is 72.0 Å². The van der Waals surface area contributed by atoms with Crippen molar-refractivity contribution in [2.24, 2.45) is 5.73 Å². The van der Waals surface area contributed by atoms with Gasteiger partial charge >= 0.3 is 0 Å². The summed E-state index contributed by atoms with van der Waals surface area (Å²) in [5, 5.41) is 10.6. The number of aromatic nitrogens is 2. The number of nitrogens with two attached hydrogens (primary N) is 1. The van der Waals surface area contributed by atoms with Gasteiger partial charge in [-0.2, -0.15) is 4.39 Å². The number of aliphatic hydroxyl groups is 1. The van der Waals surface area contributed by atoms with Crippen molar-refractivity contribution in [3.8, 4) is 11.1 Å². The van der Waals surface area contributed by atoms with E-state index in [9.17, 15) is 9.50 Å². The first-order chi connectivity index (χ1) is 12.1. The van der Waals surface area contributed by atoms with Gasteiger partial charge in [-0.3, -0.25) is 0 Å². The van der Waals surface area contributed by atoms with Crippen LogP contribution in [-0.2, 0) is 13.2 Å². The van der Waals surface area contributed by atoms with E-state index in [-0.39, 0.29) is 13.2 Å². The molecule has 128 valence electrons. The molecular weight excluding hydrogens is 361 g/mol. The van der Waals surface area contributed by atoms with Crippen molar-refractivity contribution in [2.45, 2.75) is 23.1 Å². The molecule has 0 amide bonds. The Labute approximate surface area is 153 Å². The number of nitrogens with zero attached hydrogens (tertiary/aromatic N) is 2. The summed E-state index contributed by atoms with van der Waals surface area (Å²) in [6.45, 7) is 0.158. The first kappa shape index (κ1) is 17.8. The summed E-state index contributed by atoms with van der Waals surface area (Å²) < 4.78 is 13.4. The highest BCUT2D eigenvalue weighted by molar-refractivity contribution is 7.99. The Balaban J connectivity index is 2.03. The molecule has 0 fully saturated rings. The van der Waals surface area contributed by atoms with Crippen LogP contribution in [-0.4, -0.2) is 15.1 Å². The van der Waals surface area contributed by atoms with E-state index in [1.54, 1.807) is 30.5 Å². The Hall–Kier alpha value is -1.99. The first-order valence-corrected chi connectivity index (χ1v) is 8.69. The van der Waals surface area contributed by atoms with Gasteiger partial charge in [0.15, 0.2) is 0 Å². The molecule has 0 aliphatic rings. The van der Waals surface area contributed by atoms with Gasteiger partial charge in [0.1, 0.15) is 5.03 Å². The van der Waals surface area contributed by atoms with Crippen molar-refractivity contribution in [2.75, 3.05) is 0 Å². The lowest BCUT2D eigenvalue weighted by Gasteiger charge is -2.14. The van der Waals surface area contributed by atoms with E-state index < -0.39 is 5.95 Å². The van der Waals surface area contributed by atoms with Gasteiger partial charge in [-0.15, -0.1) is 0 Å². The Morgan fingerprint density at radius 3 is 2.64 bits per heavy atom. The predicted octanol–water partition coefficient (Wildman–Crippen LogP) is 4.04. The minimum Gasteiger partial charge on any atom is -0.392 e. The predicted molar refractivity (Wildman–Crippen MR) is 96.8 cm³/mol. The molecule has 4 nitrogen and oxygen atoms in total. The number of hydrogen-bond acceptors (Lipinski definition) is 5. The molecule has 2 heterocycles. The Bertz CT molecular complexity index is 907. The third kappa shape index (κ3) is 3.99. The number of rotatable bonds is 5. The van der Waals surface area contributed by atoms with E-state index in [4.69, 9.17) is 17.3 Å². The largest absolute Gasteiger partial charge is 0.392 e. The third-order valence-electron chi connectivity index (χ3n) is 3.62. The summed E-state index contributed by atoms with van der Waals surface area (Å²) in [6, 6.07) is 10.3. The second kappa shape index (κ2) is 7.93. The fourth-order valence-electron chi connectivity index (χ4n) is 2.40. The first-order valence-electron chi connectivity index (χ1n) is 7.49. The lowest BCUT2D eigenvalue weighted by molar-refractivity contribution is 0.278. The van der Waals surface area contributed by atoms with Crippen LogP contribution in [0.15, 0.2) is 58.7 Å². The summed E-state index contributed by atoms with van der Waals surface area (Å²) in [4.78, 5) is 8.64. The van der Waals surface area contributed by atoms with E-state index in [0.717, 1.165) is 16.0 Å². The van der Waals surface area contributed by atoms with Crippen LogP contribution in [0.5, 0.6) is 0 Å². The van der Waals surface area contributed by atoms with Gasteiger partial charge in [-0.25, -0.2) is 9.97 Å². The van der Waals surface area contributed by atoms with Crippen LogP contribution in [0.2, 0.25) is 5.02 Å². The molecule has 0 unspecified atom stereocenters. The van der Waals surface area contributed by atoms with Crippen molar-refractivity contribution in [1.82, 2.24) is 9.97 Å². The zero-order chi connectivity index (χ0) is 17.8. The molecule has 0 radical (unpaired) electrons. The van der Waals surface area contributed by atoms with E-state index in [1.807, 2.05) is 6.07 Å². The van der Waals surface area contributed by atoms with Crippen molar-refractivity contribution in [3.05, 3.63) is 70.9 Å². The minimum absolute atomic E-state index is 0.111. The molecule has 3 N–H and O–H groups in total. The molecule has 0 aliphatic heterocycles. The van der Waals surface area contributed by atoms with Crippen molar-refractivity contribution >= 4 is 23.4 Å².